The maximum atomic E-state index is 11.8. The fraction of sp³-hybridized carbons (Fsp3) is 0.471. The zero-order valence-corrected chi connectivity index (χ0v) is 14.4. The average molecular weight is 352 g/mol. The van der Waals surface area contributed by atoms with Crippen LogP contribution in [0, 0.1) is 5.92 Å². The molecule has 130 valence electrons. The number of benzene rings is 1. The fourth-order valence-electron chi connectivity index (χ4n) is 2.69. The Morgan fingerprint density at radius 2 is 2.08 bits per heavy atom. The van der Waals surface area contributed by atoms with Gasteiger partial charge in [-0.2, -0.15) is 0 Å². The van der Waals surface area contributed by atoms with Crippen LogP contribution >= 0.6 is 11.6 Å². The lowest BCUT2D eigenvalue weighted by molar-refractivity contribution is -0.127. The number of hydrogen-bond donors (Lipinski definition) is 2. The van der Waals surface area contributed by atoms with Crippen molar-refractivity contribution in [1.29, 1.82) is 0 Å². The van der Waals surface area contributed by atoms with Crippen LogP contribution in [0.15, 0.2) is 29.4 Å². The lowest BCUT2D eigenvalue weighted by atomic mass is 9.86. The molecule has 0 aliphatic heterocycles. The third-order valence-corrected chi connectivity index (χ3v) is 4.36. The summed E-state index contributed by atoms with van der Waals surface area (Å²) in [6.07, 6.45) is 5.45. The Labute approximate surface area is 146 Å². The van der Waals surface area contributed by atoms with E-state index in [2.05, 4.69) is 22.7 Å². The Bertz CT molecular complexity index is 606. The summed E-state index contributed by atoms with van der Waals surface area (Å²) in [6.45, 7) is 1.93. The molecule has 0 aromatic heterocycles. The van der Waals surface area contributed by atoms with Crippen LogP contribution in [-0.2, 0) is 14.4 Å². The van der Waals surface area contributed by atoms with Crippen LogP contribution in [-0.4, -0.2) is 30.7 Å². The summed E-state index contributed by atoms with van der Waals surface area (Å²) in [4.78, 5) is 28.4. The van der Waals surface area contributed by atoms with Crippen molar-refractivity contribution in [2.24, 2.45) is 11.1 Å². The van der Waals surface area contributed by atoms with Gasteiger partial charge in [-0.05, 0) is 30.9 Å². The molecule has 1 fully saturated rings. The van der Waals surface area contributed by atoms with Crippen LogP contribution < -0.4 is 10.6 Å². The molecule has 6 nitrogen and oxygen atoms in total. The number of halogens is 1. The minimum Gasteiger partial charge on any atom is -0.386 e. The van der Waals surface area contributed by atoms with Gasteiger partial charge in [0.1, 0.15) is 6.21 Å². The molecular weight excluding hydrogens is 330 g/mol. The fourth-order valence-corrected chi connectivity index (χ4v) is 2.87. The summed E-state index contributed by atoms with van der Waals surface area (Å²) < 4.78 is 0. The Balaban J connectivity index is 1.69. The molecule has 0 heterocycles. The van der Waals surface area contributed by atoms with Gasteiger partial charge < -0.3 is 15.5 Å². The molecule has 1 saturated carbocycles. The summed E-state index contributed by atoms with van der Waals surface area (Å²) >= 11 is 5.93. The minimum absolute atomic E-state index is 0.197. The van der Waals surface area contributed by atoms with E-state index in [9.17, 15) is 9.59 Å². The van der Waals surface area contributed by atoms with Crippen molar-refractivity contribution in [3.8, 4) is 0 Å². The molecule has 7 heteroatoms. The first-order valence-corrected chi connectivity index (χ1v) is 8.44. The Morgan fingerprint density at radius 3 is 2.83 bits per heavy atom. The number of anilines is 1. The molecule has 2 atom stereocenters. The van der Waals surface area contributed by atoms with Gasteiger partial charge in [0.05, 0.1) is 10.7 Å². The standard InChI is InChI=1S/C17H22ClN3O3/c1-12-6-2-4-8-14(12)20-17(23)11-24-19-10-16(22)21-15-9-5-3-7-13(15)18/h3,5,7,9-10,12,14H,2,4,6,8,11H2,1H3,(H,20,23)(H,21,22)/b19-10+. The summed E-state index contributed by atoms with van der Waals surface area (Å²) in [5, 5.41) is 9.46. The number of oxime groups is 1. The smallest absolute Gasteiger partial charge is 0.270 e. The lowest BCUT2D eigenvalue weighted by Gasteiger charge is -2.29. The van der Waals surface area contributed by atoms with E-state index in [0.29, 0.717) is 16.6 Å². The van der Waals surface area contributed by atoms with Gasteiger partial charge in [0, 0.05) is 6.04 Å². The minimum atomic E-state index is -0.482. The van der Waals surface area contributed by atoms with Crippen LogP contribution in [0.4, 0.5) is 5.69 Å². The Hall–Kier alpha value is -2.08. The van der Waals surface area contributed by atoms with Crippen molar-refractivity contribution < 1.29 is 14.4 Å². The summed E-state index contributed by atoms with van der Waals surface area (Å²) in [5.74, 6) is -0.227. The maximum Gasteiger partial charge on any atom is 0.270 e. The number of hydrogen-bond acceptors (Lipinski definition) is 4. The number of para-hydroxylation sites is 1. The molecule has 0 saturated heterocycles. The van der Waals surface area contributed by atoms with Crippen molar-refractivity contribution >= 4 is 35.3 Å². The second-order valence-corrected chi connectivity index (χ2v) is 6.32. The predicted molar refractivity (Wildman–Crippen MR) is 94.1 cm³/mol. The van der Waals surface area contributed by atoms with Gasteiger partial charge in [0.15, 0.2) is 6.61 Å². The third kappa shape index (κ3) is 5.85. The molecular formula is C17H22ClN3O3. The zero-order chi connectivity index (χ0) is 17.4. The van der Waals surface area contributed by atoms with Crippen LogP contribution in [0.2, 0.25) is 5.02 Å². The topological polar surface area (TPSA) is 79.8 Å². The van der Waals surface area contributed by atoms with Crippen LogP contribution in [0.1, 0.15) is 32.6 Å². The monoisotopic (exact) mass is 351 g/mol. The molecule has 0 radical (unpaired) electrons. The third-order valence-electron chi connectivity index (χ3n) is 4.03. The molecule has 1 aromatic carbocycles. The average Bonchev–Trinajstić information content (AvgIpc) is 2.56. The molecule has 1 aliphatic rings. The molecule has 2 unspecified atom stereocenters. The molecule has 0 spiro atoms. The Morgan fingerprint density at radius 1 is 1.33 bits per heavy atom. The van der Waals surface area contributed by atoms with Crippen molar-refractivity contribution in [1.82, 2.24) is 5.32 Å². The van der Waals surface area contributed by atoms with Gasteiger partial charge in [-0.15, -0.1) is 0 Å². The SMILES string of the molecule is CC1CCCCC1NC(=O)CO/N=C/C(=O)Nc1ccccc1Cl. The van der Waals surface area contributed by atoms with Gasteiger partial charge in [-0.25, -0.2) is 0 Å². The van der Waals surface area contributed by atoms with E-state index in [1.165, 1.54) is 6.42 Å². The quantitative estimate of drug-likeness (QED) is 0.610. The highest BCUT2D eigenvalue weighted by Crippen LogP contribution is 2.23. The van der Waals surface area contributed by atoms with E-state index in [4.69, 9.17) is 16.4 Å². The van der Waals surface area contributed by atoms with E-state index in [0.717, 1.165) is 25.5 Å². The van der Waals surface area contributed by atoms with Gasteiger partial charge in [0.2, 0.25) is 0 Å². The first kappa shape index (κ1) is 18.3. The summed E-state index contributed by atoms with van der Waals surface area (Å²) in [5.41, 5.74) is 0.486. The molecule has 0 bridgehead atoms. The second-order valence-electron chi connectivity index (χ2n) is 5.91. The zero-order valence-electron chi connectivity index (χ0n) is 13.6. The van der Waals surface area contributed by atoms with Crippen LogP contribution in [0.3, 0.4) is 0 Å². The highest BCUT2D eigenvalue weighted by molar-refractivity contribution is 6.36. The lowest BCUT2D eigenvalue weighted by Crippen LogP contribution is -2.42. The Kier molecular flexibility index (Phi) is 7.06. The highest BCUT2D eigenvalue weighted by atomic mass is 35.5. The van der Waals surface area contributed by atoms with Gasteiger partial charge in [-0.3, -0.25) is 9.59 Å². The molecule has 1 aromatic rings. The van der Waals surface area contributed by atoms with Crippen LogP contribution in [0.5, 0.6) is 0 Å². The van der Waals surface area contributed by atoms with Gasteiger partial charge in [0.25, 0.3) is 11.8 Å². The number of carbonyl (C=O) groups excluding carboxylic acids is 2. The van der Waals surface area contributed by atoms with Crippen LogP contribution in [0.25, 0.3) is 0 Å². The highest BCUT2D eigenvalue weighted by Gasteiger charge is 2.22. The largest absolute Gasteiger partial charge is 0.386 e. The van der Waals surface area contributed by atoms with E-state index in [1.54, 1.807) is 24.3 Å². The normalized spacial score (nSPS) is 20.6. The molecule has 2 N–H and O–H groups in total. The van der Waals surface area contributed by atoms with Gasteiger partial charge in [-0.1, -0.05) is 48.7 Å². The number of carbonyl (C=O) groups is 2. The number of nitrogens with one attached hydrogen (secondary N) is 2. The van der Waals surface area contributed by atoms with Gasteiger partial charge >= 0.3 is 0 Å². The number of amides is 2. The predicted octanol–water partition coefficient (Wildman–Crippen LogP) is 2.98. The first-order valence-electron chi connectivity index (χ1n) is 8.06. The van der Waals surface area contributed by atoms with E-state index >= 15 is 0 Å². The van der Waals surface area contributed by atoms with Crippen molar-refractivity contribution in [3.63, 3.8) is 0 Å². The van der Waals surface area contributed by atoms with Crippen molar-refractivity contribution in [2.75, 3.05) is 11.9 Å². The molecule has 2 rings (SSSR count). The number of rotatable bonds is 6. The summed E-state index contributed by atoms with van der Waals surface area (Å²) in [7, 11) is 0. The number of nitrogens with zero attached hydrogens (tertiary/aromatic N) is 1. The van der Waals surface area contributed by atoms with E-state index < -0.39 is 5.91 Å². The summed E-state index contributed by atoms with van der Waals surface area (Å²) in [6, 6.07) is 7.06. The maximum absolute atomic E-state index is 11.8. The van der Waals surface area contributed by atoms with Crippen molar-refractivity contribution in [2.45, 2.75) is 38.6 Å². The molecule has 2 amide bonds. The first-order chi connectivity index (χ1) is 11.6. The molecule has 1 aliphatic carbocycles. The van der Waals surface area contributed by atoms with E-state index in [1.807, 2.05) is 0 Å². The van der Waals surface area contributed by atoms with E-state index in [-0.39, 0.29) is 18.6 Å². The van der Waals surface area contributed by atoms with Crippen molar-refractivity contribution in [3.05, 3.63) is 29.3 Å². The molecule has 24 heavy (non-hydrogen) atoms. The second kappa shape index (κ2) is 9.27.